The number of rotatable bonds is 9. The number of nitrogens with one attached hydrogen (secondary N) is 1. The standard InChI is InChI=1S/C23H21N3O5/c1-17(19-11-13-20(14-12-19)30-15-18-7-3-2-4-8-18)24-25-23(27)16-31-22-10-6-5-9-21(22)26(28)29/h2-14H,15-16H2,1H3,(H,25,27)/b24-17-. The van der Waals surface area contributed by atoms with Crippen LogP contribution in [0.2, 0.25) is 0 Å². The molecule has 0 unspecified atom stereocenters. The lowest BCUT2D eigenvalue weighted by Gasteiger charge is -2.08. The molecule has 0 aliphatic heterocycles. The smallest absolute Gasteiger partial charge is 0.310 e. The lowest BCUT2D eigenvalue weighted by molar-refractivity contribution is -0.385. The van der Waals surface area contributed by atoms with E-state index in [9.17, 15) is 14.9 Å². The minimum Gasteiger partial charge on any atom is -0.489 e. The van der Waals surface area contributed by atoms with Gasteiger partial charge in [0, 0.05) is 6.07 Å². The Morgan fingerprint density at radius 2 is 1.65 bits per heavy atom. The number of carbonyl (C=O) groups is 1. The highest BCUT2D eigenvalue weighted by atomic mass is 16.6. The van der Waals surface area contributed by atoms with Gasteiger partial charge >= 0.3 is 5.69 Å². The highest BCUT2D eigenvalue weighted by molar-refractivity contribution is 5.99. The molecule has 0 aliphatic rings. The van der Waals surface area contributed by atoms with Crippen LogP contribution in [0.1, 0.15) is 18.1 Å². The van der Waals surface area contributed by atoms with E-state index < -0.39 is 17.4 Å². The first-order valence-electron chi connectivity index (χ1n) is 9.49. The number of amides is 1. The molecule has 1 amide bonds. The van der Waals surface area contributed by atoms with Crippen LogP contribution in [0.25, 0.3) is 0 Å². The zero-order valence-corrected chi connectivity index (χ0v) is 16.9. The molecule has 0 fully saturated rings. The number of hydrogen-bond acceptors (Lipinski definition) is 6. The van der Waals surface area contributed by atoms with Gasteiger partial charge in [0.25, 0.3) is 5.91 Å². The van der Waals surface area contributed by atoms with Gasteiger partial charge in [-0.3, -0.25) is 14.9 Å². The first-order valence-corrected chi connectivity index (χ1v) is 9.49. The van der Waals surface area contributed by atoms with Gasteiger partial charge in [0.1, 0.15) is 12.4 Å². The largest absolute Gasteiger partial charge is 0.489 e. The van der Waals surface area contributed by atoms with E-state index in [1.54, 1.807) is 13.0 Å². The van der Waals surface area contributed by atoms with Crippen LogP contribution in [0.3, 0.4) is 0 Å². The van der Waals surface area contributed by atoms with Crippen molar-refractivity contribution in [3.63, 3.8) is 0 Å². The Hall–Kier alpha value is -4.20. The van der Waals surface area contributed by atoms with Crippen LogP contribution in [0.5, 0.6) is 11.5 Å². The maximum absolute atomic E-state index is 12.0. The average Bonchev–Trinajstić information content (AvgIpc) is 2.81. The van der Waals surface area contributed by atoms with E-state index in [0.29, 0.717) is 12.3 Å². The van der Waals surface area contributed by atoms with E-state index in [1.807, 2.05) is 54.6 Å². The minimum atomic E-state index is -0.567. The third-order valence-corrected chi connectivity index (χ3v) is 4.29. The highest BCUT2D eigenvalue weighted by Crippen LogP contribution is 2.25. The molecule has 158 valence electrons. The summed E-state index contributed by atoms with van der Waals surface area (Å²) >= 11 is 0. The lowest BCUT2D eigenvalue weighted by atomic mass is 10.1. The highest BCUT2D eigenvalue weighted by Gasteiger charge is 2.14. The van der Waals surface area contributed by atoms with Gasteiger partial charge in [-0.1, -0.05) is 42.5 Å². The van der Waals surface area contributed by atoms with Gasteiger partial charge in [-0.15, -0.1) is 0 Å². The molecular formula is C23H21N3O5. The first kappa shape index (κ1) is 21.5. The third-order valence-electron chi connectivity index (χ3n) is 4.29. The quantitative estimate of drug-likeness (QED) is 0.320. The second-order valence-electron chi connectivity index (χ2n) is 6.54. The summed E-state index contributed by atoms with van der Waals surface area (Å²) in [6.45, 7) is 1.83. The normalized spacial score (nSPS) is 10.9. The Morgan fingerprint density at radius 3 is 2.35 bits per heavy atom. The van der Waals surface area contributed by atoms with Crippen molar-refractivity contribution in [1.29, 1.82) is 0 Å². The molecule has 8 nitrogen and oxygen atoms in total. The van der Waals surface area contributed by atoms with E-state index in [0.717, 1.165) is 16.9 Å². The number of nitro groups is 1. The fourth-order valence-electron chi connectivity index (χ4n) is 2.65. The molecular weight excluding hydrogens is 398 g/mol. The molecule has 3 aromatic carbocycles. The maximum Gasteiger partial charge on any atom is 0.310 e. The number of hydrogen-bond donors (Lipinski definition) is 1. The lowest BCUT2D eigenvalue weighted by Crippen LogP contribution is -2.25. The minimum absolute atomic E-state index is 0.0226. The van der Waals surface area contributed by atoms with Crippen LogP contribution in [0.4, 0.5) is 5.69 Å². The summed E-state index contributed by atoms with van der Waals surface area (Å²) in [6.07, 6.45) is 0. The first-order chi connectivity index (χ1) is 15.0. The van der Waals surface area contributed by atoms with Crippen molar-refractivity contribution in [2.24, 2.45) is 5.10 Å². The van der Waals surface area contributed by atoms with E-state index >= 15 is 0 Å². The van der Waals surface area contributed by atoms with Crippen molar-refractivity contribution >= 4 is 17.3 Å². The van der Waals surface area contributed by atoms with Gasteiger partial charge in [-0.2, -0.15) is 5.10 Å². The number of ether oxygens (including phenoxy) is 2. The number of nitro benzene ring substituents is 1. The zero-order chi connectivity index (χ0) is 22.1. The molecule has 3 rings (SSSR count). The zero-order valence-electron chi connectivity index (χ0n) is 16.9. The van der Waals surface area contributed by atoms with E-state index in [-0.39, 0.29) is 11.4 Å². The molecule has 0 saturated heterocycles. The van der Waals surface area contributed by atoms with E-state index in [4.69, 9.17) is 9.47 Å². The monoisotopic (exact) mass is 419 g/mol. The molecule has 3 aromatic rings. The molecule has 0 aromatic heterocycles. The predicted molar refractivity (Wildman–Crippen MR) is 116 cm³/mol. The summed E-state index contributed by atoms with van der Waals surface area (Å²) in [5.74, 6) is 0.219. The Balaban J connectivity index is 1.50. The molecule has 0 saturated carbocycles. The molecule has 0 spiro atoms. The van der Waals surface area contributed by atoms with Crippen molar-refractivity contribution < 1.29 is 19.2 Å². The van der Waals surface area contributed by atoms with Crippen molar-refractivity contribution in [1.82, 2.24) is 5.43 Å². The van der Waals surface area contributed by atoms with Crippen LogP contribution < -0.4 is 14.9 Å². The second-order valence-corrected chi connectivity index (χ2v) is 6.54. The third kappa shape index (κ3) is 6.40. The molecule has 0 radical (unpaired) electrons. The van der Waals surface area contributed by atoms with Crippen molar-refractivity contribution in [2.45, 2.75) is 13.5 Å². The second kappa shape index (κ2) is 10.5. The molecule has 1 N–H and O–H groups in total. The van der Waals surface area contributed by atoms with Gasteiger partial charge in [0.15, 0.2) is 12.4 Å². The van der Waals surface area contributed by atoms with Crippen molar-refractivity contribution in [3.8, 4) is 11.5 Å². The van der Waals surface area contributed by atoms with E-state index in [2.05, 4.69) is 10.5 Å². The Kier molecular flexibility index (Phi) is 7.31. The van der Waals surface area contributed by atoms with Crippen molar-refractivity contribution in [2.75, 3.05) is 6.61 Å². The van der Waals surface area contributed by atoms with E-state index in [1.165, 1.54) is 18.2 Å². The molecule has 0 aliphatic carbocycles. The Bertz CT molecular complexity index is 1070. The molecule has 0 heterocycles. The molecule has 8 heteroatoms. The number of nitrogens with zero attached hydrogens (tertiary/aromatic N) is 2. The number of carbonyl (C=O) groups excluding carboxylic acids is 1. The number of benzene rings is 3. The fraction of sp³-hybridized carbons (Fsp3) is 0.130. The summed E-state index contributed by atoms with van der Waals surface area (Å²) in [5, 5.41) is 15.0. The van der Waals surface area contributed by atoms with Crippen LogP contribution in [0, 0.1) is 10.1 Å². The summed E-state index contributed by atoms with van der Waals surface area (Å²) in [4.78, 5) is 22.4. The van der Waals surface area contributed by atoms with Crippen LogP contribution in [-0.4, -0.2) is 23.1 Å². The predicted octanol–water partition coefficient (Wildman–Crippen LogP) is 4.09. The number of hydrazone groups is 1. The Labute approximate surface area is 179 Å². The summed E-state index contributed by atoms with van der Waals surface area (Å²) < 4.78 is 11.0. The van der Waals surface area contributed by atoms with Crippen molar-refractivity contribution in [3.05, 3.63) is 100 Å². The summed E-state index contributed by atoms with van der Waals surface area (Å²) in [6, 6.07) is 23.1. The Morgan fingerprint density at radius 1 is 0.968 bits per heavy atom. The van der Waals surface area contributed by atoms with Crippen LogP contribution >= 0.6 is 0 Å². The number of para-hydroxylation sites is 2. The summed E-state index contributed by atoms with van der Waals surface area (Å²) in [5.41, 5.74) is 4.66. The van der Waals surface area contributed by atoms with Gasteiger partial charge < -0.3 is 9.47 Å². The van der Waals surface area contributed by atoms with Gasteiger partial charge in [0.2, 0.25) is 0 Å². The van der Waals surface area contributed by atoms with Crippen LogP contribution in [-0.2, 0) is 11.4 Å². The molecule has 0 atom stereocenters. The van der Waals surface area contributed by atoms with Gasteiger partial charge in [-0.25, -0.2) is 5.43 Å². The molecule has 31 heavy (non-hydrogen) atoms. The van der Waals surface area contributed by atoms with Crippen LogP contribution in [0.15, 0.2) is 84.0 Å². The SMILES string of the molecule is C/C(=N/NC(=O)COc1ccccc1[N+](=O)[O-])c1ccc(OCc2ccccc2)cc1. The maximum atomic E-state index is 12.0. The van der Waals surface area contributed by atoms with Gasteiger partial charge in [-0.05, 0) is 48.4 Å². The molecule has 0 bridgehead atoms. The fourth-order valence-corrected chi connectivity index (χ4v) is 2.65. The topological polar surface area (TPSA) is 103 Å². The summed E-state index contributed by atoms with van der Waals surface area (Å²) in [7, 11) is 0. The van der Waals surface area contributed by atoms with Gasteiger partial charge in [0.05, 0.1) is 10.6 Å². The average molecular weight is 419 g/mol.